The Kier molecular flexibility index (Phi) is 5.12. The summed E-state index contributed by atoms with van der Waals surface area (Å²) in [5, 5.41) is 11.1. The highest BCUT2D eigenvalue weighted by Gasteiger charge is 2.14. The first kappa shape index (κ1) is 17.1. The highest BCUT2D eigenvalue weighted by atomic mass is 16.6. The van der Waals surface area contributed by atoms with Crippen molar-refractivity contribution in [1.29, 1.82) is 0 Å². The van der Waals surface area contributed by atoms with Gasteiger partial charge in [-0.25, -0.2) is 0 Å². The molecule has 2 aromatic carbocycles. The Morgan fingerprint density at radius 1 is 1.08 bits per heavy atom. The van der Waals surface area contributed by atoms with Gasteiger partial charge in [0.25, 0.3) is 5.69 Å². The van der Waals surface area contributed by atoms with Crippen LogP contribution in [0, 0.1) is 24.0 Å². The molecule has 1 heterocycles. The van der Waals surface area contributed by atoms with Gasteiger partial charge >= 0.3 is 0 Å². The maximum Gasteiger partial charge on any atom is 0.274 e. The lowest BCUT2D eigenvalue weighted by Gasteiger charge is -2.28. The molecule has 0 aliphatic carbocycles. The van der Waals surface area contributed by atoms with Gasteiger partial charge < -0.3 is 4.90 Å². The molecule has 5 nitrogen and oxygen atoms in total. The largest absolute Gasteiger partial charge is 0.372 e. The minimum atomic E-state index is -0.352. The summed E-state index contributed by atoms with van der Waals surface area (Å²) in [5.74, 6) is 0. The van der Waals surface area contributed by atoms with E-state index in [1.807, 2.05) is 25.1 Å². The Hall–Kier alpha value is -2.69. The van der Waals surface area contributed by atoms with Gasteiger partial charge in [-0.15, -0.1) is 0 Å². The minimum Gasteiger partial charge on any atom is -0.372 e. The molecule has 0 radical (unpaired) electrons. The second-order valence-corrected chi connectivity index (χ2v) is 6.56. The van der Waals surface area contributed by atoms with Crippen molar-refractivity contribution in [2.24, 2.45) is 4.99 Å². The van der Waals surface area contributed by atoms with Crippen LogP contribution in [-0.2, 0) is 0 Å². The lowest BCUT2D eigenvalue weighted by atomic mass is 10.1. The highest BCUT2D eigenvalue weighted by Crippen LogP contribution is 2.28. The van der Waals surface area contributed by atoms with E-state index < -0.39 is 0 Å². The normalized spacial score (nSPS) is 14.9. The third kappa shape index (κ3) is 4.05. The molecule has 0 aromatic heterocycles. The number of aryl methyl sites for hydroxylation is 1. The van der Waals surface area contributed by atoms with Crippen molar-refractivity contribution in [2.45, 2.75) is 33.1 Å². The van der Waals surface area contributed by atoms with Crippen molar-refractivity contribution >= 4 is 23.3 Å². The molecule has 0 bridgehead atoms. The molecule has 0 saturated carbocycles. The van der Waals surface area contributed by atoms with Crippen LogP contribution in [0.1, 0.15) is 36.0 Å². The summed E-state index contributed by atoms with van der Waals surface area (Å²) in [5.41, 5.74) is 4.53. The molecule has 0 spiro atoms. The van der Waals surface area contributed by atoms with Crippen LogP contribution in [-0.4, -0.2) is 24.2 Å². The van der Waals surface area contributed by atoms with Gasteiger partial charge in [0.2, 0.25) is 0 Å². The second kappa shape index (κ2) is 7.47. The number of piperidine rings is 1. The van der Waals surface area contributed by atoms with Gasteiger partial charge in [-0.1, -0.05) is 12.1 Å². The van der Waals surface area contributed by atoms with Crippen molar-refractivity contribution in [1.82, 2.24) is 0 Å². The zero-order chi connectivity index (χ0) is 17.8. The maximum atomic E-state index is 11.1. The molecule has 1 aliphatic heterocycles. The molecule has 0 N–H and O–H groups in total. The molecule has 5 heteroatoms. The molecule has 1 aliphatic rings. The van der Waals surface area contributed by atoms with Gasteiger partial charge in [-0.3, -0.25) is 15.1 Å². The summed E-state index contributed by atoms with van der Waals surface area (Å²) in [7, 11) is 0. The summed E-state index contributed by atoms with van der Waals surface area (Å²) in [6, 6.07) is 11.7. The van der Waals surface area contributed by atoms with Crippen LogP contribution >= 0.6 is 0 Å². The van der Waals surface area contributed by atoms with Gasteiger partial charge in [0, 0.05) is 36.6 Å². The SMILES string of the molecule is Cc1cc(N=Cc2ccc(N3CCCCC3)cc2)cc([N+](=O)[O-])c1C. The van der Waals surface area contributed by atoms with E-state index in [4.69, 9.17) is 0 Å². The van der Waals surface area contributed by atoms with Crippen molar-refractivity contribution < 1.29 is 4.92 Å². The van der Waals surface area contributed by atoms with Crippen LogP contribution in [0.2, 0.25) is 0 Å². The van der Waals surface area contributed by atoms with Crippen LogP contribution in [0.25, 0.3) is 0 Å². The molecule has 1 saturated heterocycles. The van der Waals surface area contributed by atoms with Gasteiger partial charge in [0.1, 0.15) is 0 Å². The summed E-state index contributed by atoms with van der Waals surface area (Å²) in [4.78, 5) is 17.6. The fourth-order valence-corrected chi connectivity index (χ4v) is 3.16. The first-order valence-corrected chi connectivity index (χ1v) is 8.69. The number of nitro groups is 1. The van der Waals surface area contributed by atoms with Crippen molar-refractivity contribution in [2.75, 3.05) is 18.0 Å². The molecule has 3 rings (SSSR count). The molecule has 0 unspecified atom stereocenters. The maximum absolute atomic E-state index is 11.1. The van der Waals surface area contributed by atoms with E-state index in [1.54, 1.807) is 13.1 Å². The molecule has 2 aromatic rings. The molecule has 0 amide bonds. The quantitative estimate of drug-likeness (QED) is 0.450. The third-order valence-corrected chi connectivity index (χ3v) is 4.80. The Morgan fingerprint density at radius 2 is 1.76 bits per heavy atom. The lowest BCUT2D eigenvalue weighted by molar-refractivity contribution is -0.385. The Labute approximate surface area is 148 Å². The van der Waals surface area contributed by atoms with Gasteiger partial charge in [0.05, 0.1) is 10.6 Å². The number of rotatable bonds is 4. The van der Waals surface area contributed by atoms with Gasteiger partial charge in [-0.2, -0.15) is 0 Å². The zero-order valence-corrected chi connectivity index (χ0v) is 14.7. The number of hydrogen-bond donors (Lipinski definition) is 0. The number of nitro benzene ring substituents is 1. The monoisotopic (exact) mass is 337 g/mol. The molecular formula is C20H23N3O2. The van der Waals surface area contributed by atoms with E-state index >= 15 is 0 Å². The molecule has 0 atom stereocenters. The number of nitrogens with zero attached hydrogens (tertiary/aromatic N) is 3. The molecular weight excluding hydrogens is 314 g/mol. The van der Waals surface area contributed by atoms with Gasteiger partial charge in [-0.05, 0) is 62.4 Å². The van der Waals surface area contributed by atoms with Crippen molar-refractivity contribution in [3.05, 3.63) is 63.2 Å². The summed E-state index contributed by atoms with van der Waals surface area (Å²) in [6.45, 7) is 5.88. The predicted octanol–water partition coefficient (Wildman–Crippen LogP) is 4.95. The third-order valence-electron chi connectivity index (χ3n) is 4.80. The first-order chi connectivity index (χ1) is 12.0. The number of anilines is 1. The average Bonchev–Trinajstić information content (AvgIpc) is 2.63. The summed E-state index contributed by atoms with van der Waals surface area (Å²) < 4.78 is 0. The van der Waals surface area contributed by atoms with Crippen LogP contribution in [0.5, 0.6) is 0 Å². The van der Waals surface area contributed by atoms with E-state index in [9.17, 15) is 10.1 Å². The van der Waals surface area contributed by atoms with Crippen LogP contribution in [0.4, 0.5) is 17.1 Å². The number of aliphatic imine (C=N–C) groups is 1. The molecule has 130 valence electrons. The zero-order valence-electron chi connectivity index (χ0n) is 14.7. The fourth-order valence-electron chi connectivity index (χ4n) is 3.16. The Morgan fingerprint density at radius 3 is 2.40 bits per heavy atom. The average molecular weight is 337 g/mol. The first-order valence-electron chi connectivity index (χ1n) is 8.69. The van der Waals surface area contributed by atoms with Crippen LogP contribution < -0.4 is 4.90 Å². The Balaban J connectivity index is 1.77. The van der Waals surface area contributed by atoms with Crippen molar-refractivity contribution in [3.63, 3.8) is 0 Å². The second-order valence-electron chi connectivity index (χ2n) is 6.56. The fraction of sp³-hybridized carbons (Fsp3) is 0.350. The standard InChI is InChI=1S/C20H23N3O2/c1-15-12-18(13-20(16(15)2)23(24)25)21-14-17-6-8-19(9-7-17)22-10-4-3-5-11-22/h6-9,12-14H,3-5,10-11H2,1-2H3. The van der Waals surface area contributed by atoms with Crippen LogP contribution in [0.15, 0.2) is 41.4 Å². The summed E-state index contributed by atoms with van der Waals surface area (Å²) in [6.07, 6.45) is 5.60. The minimum absolute atomic E-state index is 0.118. The lowest BCUT2D eigenvalue weighted by Crippen LogP contribution is -2.29. The van der Waals surface area contributed by atoms with E-state index in [0.29, 0.717) is 11.3 Å². The molecule has 25 heavy (non-hydrogen) atoms. The van der Waals surface area contributed by atoms with Crippen molar-refractivity contribution in [3.8, 4) is 0 Å². The van der Waals surface area contributed by atoms with Gasteiger partial charge in [0.15, 0.2) is 0 Å². The Bertz CT molecular complexity index is 791. The van der Waals surface area contributed by atoms with Crippen LogP contribution in [0.3, 0.4) is 0 Å². The summed E-state index contributed by atoms with van der Waals surface area (Å²) >= 11 is 0. The smallest absolute Gasteiger partial charge is 0.274 e. The molecule has 1 fully saturated rings. The highest BCUT2D eigenvalue weighted by molar-refractivity contribution is 5.83. The number of hydrogen-bond acceptors (Lipinski definition) is 4. The van der Waals surface area contributed by atoms with E-state index in [0.717, 1.165) is 24.2 Å². The predicted molar refractivity (Wildman–Crippen MR) is 102 cm³/mol. The van der Waals surface area contributed by atoms with E-state index in [1.165, 1.54) is 31.0 Å². The topological polar surface area (TPSA) is 58.7 Å². The van der Waals surface area contributed by atoms with E-state index in [-0.39, 0.29) is 10.6 Å². The van der Waals surface area contributed by atoms with E-state index in [2.05, 4.69) is 22.0 Å². The number of benzene rings is 2.